The Morgan fingerprint density at radius 2 is 1.76 bits per heavy atom. The molecule has 1 amide bonds. The Balaban J connectivity index is 1.46. The van der Waals surface area contributed by atoms with Gasteiger partial charge in [-0.3, -0.25) is 19.1 Å². The molecule has 0 aliphatic heterocycles. The molecule has 5 rings (SSSR count). The number of ketones is 1. The van der Waals surface area contributed by atoms with Crippen LogP contribution in [0.5, 0.6) is 0 Å². The summed E-state index contributed by atoms with van der Waals surface area (Å²) in [5.74, 6) is -2.25. The number of hydrogen-bond acceptors (Lipinski definition) is 5. The summed E-state index contributed by atoms with van der Waals surface area (Å²) in [6, 6.07) is 13.8. The third-order valence-corrected chi connectivity index (χ3v) is 5.14. The molecule has 34 heavy (non-hydrogen) atoms. The minimum absolute atomic E-state index is 0.0259. The number of carbonyl (C=O) groups excluding carboxylic acids is 2. The van der Waals surface area contributed by atoms with Gasteiger partial charge in [0.2, 0.25) is 0 Å². The maximum Gasteiger partial charge on any atom is 0.255 e. The van der Waals surface area contributed by atoms with Crippen molar-refractivity contribution in [3.05, 3.63) is 114 Å². The van der Waals surface area contributed by atoms with E-state index >= 15 is 4.39 Å². The van der Waals surface area contributed by atoms with Crippen LogP contribution >= 0.6 is 0 Å². The fraction of sp³-hybridized carbons (Fsp3) is 0. The summed E-state index contributed by atoms with van der Waals surface area (Å²) in [6.07, 6.45) is 6.47. The predicted molar refractivity (Wildman–Crippen MR) is 121 cm³/mol. The molecule has 7 nitrogen and oxygen atoms in total. The van der Waals surface area contributed by atoms with Crippen LogP contribution in [-0.4, -0.2) is 31.2 Å². The van der Waals surface area contributed by atoms with E-state index in [2.05, 4.69) is 20.3 Å². The van der Waals surface area contributed by atoms with E-state index in [1.165, 1.54) is 48.5 Å². The number of nitrogens with one attached hydrogen (secondary N) is 1. The summed E-state index contributed by atoms with van der Waals surface area (Å²) >= 11 is 0. The Labute approximate surface area is 191 Å². The average molecular weight is 455 g/mol. The van der Waals surface area contributed by atoms with Crippen LogP contribution < -0.4 is 5.32 Å². The summed E-state index contributed by atoms with van der Waals surface area (Å²) in [5.41, 5.74) is 0.832. The quantitative estimate of drug-likeness (QED) is 0.392. The summed E-state index contributed by atoms with van der Waals surface area (Å²) in [7, 11) is 0. The van der Waals surface area contributed by atoms with Crippen molar-refractivity contribution in [3.63, 3.8) is 0 Å². The van der Waals surface area contributed by atoms with E-state index in [-0.39, 0.29) is 22.4 Å². The van der Waals surface area contributed by atoms with Gasteiger partial charge in [0.05, 0.1) is 28.5 Å². The largest absolute Gasteiger partial charge is 0.319 e. The summed E-state index contributed by atoms with van der Waals surface area (Å²) < 4.78 is 30.3. The second-order valence-electron chi connectivity index (χ2n) is 7.36. The lowest BCUT2D eigenvalue weighted by Crippen LogP contribution is -2.15. The SMILES string of the molecule is O=C(Nc1cccc(C(=O)c2ccc3ncc(-n4ccnc4)nc3c2)c1F)c1cccc(F)c1. The smallest absolute Gasteiger partial charge is 0.255 e. The second-order valence-corrected chi connectivity index (χ2v) is 7.36. The van der Waals surface area contributed by atoms with Crippen molar-refractivity contribution in [2.45, 2.75) is 0 Å². The number of carbonyl (C=O) groups is 2. The van der Waals surface area contributed by atoms with Gasteiger partial charge < -0.3 is 5.32 Å². The number of imidazole rings is 1. The molecule has 2 heterocycles. The van der Waals surface area contributed by atoms with E-state index in [1.54, 1.807) is 35.6 Å². The standard InChI is InChI=1S/C25H15F2N5O2/c26-17-4-1-3-16(11-17)25(34)31-20-6-2-5-18(23(20)27)24(33)15-7-8-19-21(12-15)30-22(13-29-19)32-10-9-28-14-32/h1-14H,(H,31,34). The average Bonchev–Trinajstić information content (AvgIpc) is 3.39. The van der Waals surface area contributed by atoms with E-state index in [9.17, 15) is 14.0 Å². The van der Waals surface area contributed by atoms with Crippen molar-refractivity contribution < 1.29 is 18.4 Å². The summed E-state index contributed by atoms with van der Waals surface area (Å²) in [6.45, 7) is 0. The highest BCUT2D eigenvalue weighted by molar-refractivity contribution is 6.11. The highest BCUT2D eigenvalue weighted by Crippen LogP contribution is 2.23. The number of hydrogen-bond donors (Lipinski definition) is 1. The third kappa shape index (κ3) is 4.02. The monoisotopic (exact) mass is 455 g/mol. The minimum atomic E-state index is -0.893. The van der Waals surface area contributed by atoms with Gasteiger partial charge in [-0.1, -0.05) is 12.1 Å². The molecule has 9 heteroatoms. The first kappa shape index (κ1) is 21.1. The van der Waals surface area contributed by atoms with Gasteiger partial charge in [0.1, 0.15) is 12.1 Å². The number of anilines is 1. The van der Waals surface area contributed by atoms with Crippen LogP contribution in [0.2, 0.25) is 0 Å². The third-order valence-electron chi connectivity index (χ3n) is 5.14. The Hall–Kier alpha value is -4.79. The van der Waals surface area contributed by atoms with Crippen LogP contribution in [-0.2, 0) is 0 Å². The molecule has 0 aliphatic carbocycles. The lowest BCUT2D eigenvalue weighted by Gasteiger charge is -2.10. The van der Waals surface area contributed by atoms with E-state index in [0.717, 1.165) is 6.07 Å². The first-order valence-electron chi connectivity index (χ1n) is 10.1. The van der Waals surface area contributed by atoms with E-state index in [0.29, 0.717) is 16.9 Å². The van der Waals surface area contributed by atoms with Crippen molar-refractivity contribution >= 4 is 28.4 Å². The van der Waals surface area contributed by atoms with E-state index in [1.807, 2.05) is 0 Å². The fourth-order valence-electron chi connectivity index (χ4n) is 3.45. The maximum atomic E-state index is 15.2. The van der Waals surface area contributed by atoms with Gasteiger partial charge in [0.15, 0.2) is 17.4 Å². The molecule has 5 aromatic rings. The topological polar surface area (TPSA) is 89.8 Å². The molecule has 0 spiro atoms. The number of benzene rings is 3. The first-order chi connectivity index (χ1) is 16.5. The van der Waals surface area contributed by atoms with E-state index < -0.39 is 23.3 Å². The van der Waals surface area contributed by atoms with Crippen LogP contribution in [0.25, 0.3) is 16.9 Å². The van der Waals surface area contributed by atoms with Crippen LogP contribution in [0.15, 0.2) is 85.6 Å². The molecule has 0 saturated heterocycles. The molecule has 2 aromatic heterocycles. The second kappa shape index (κ2) is 8.62. The molecular formula is C25H15F2N5O2. The van der Waals surface area contributed by atoms with Crippen molar-refractivity contribution in [2.24, 2.45) is 0 Å². The molecule has 0 atom stereocenters. The zero-order valence-electron chi connectivity index (χ0n) is 17.4. The van der Waals surface area contributed by atoms with Gasteiger partial charge in [-0.25, -0.2) is 18.7 Å². The van der Waals surface area contributed by atoms with Crippen molar-refractivity contribution in [3.8, 4) is 5.82 Å². The Bertz CT molecular complexity index is 1550. The van der Waals surface area contributed by atoms with Crippen molar-refractivity contribution in [1.29, 1.82) is 0 Å². The van der Waals surface area contributed by atoms with Crippen molar-refractivity contribution in [2.75, 3.05) is 5.32 Å². The molecule has 0 saturated carbocycles. The molecule has 1 N–H and O–H groups in total. The highest BCUT2D eigenvalue weighted by atomic mass is 19.1. The lowest BCUT2D eigenvalue weighted by atomic mass is 10.0. The van der Waals surface area contributed by atoms with E-state index in [4.69, 9.17) is 0 Å². The molecule has 0 aliphatic rings. The summed E-state index contributed by atoms with van der Waals surface area (Å²) in [4.78, 5) is 38.3. The minimum Gasteiger partial charge on any atom is -0.319 e. The van der Waals surface area contributed by atoms with Gasteiger partial charge in [-0.2, -0.15) is 0 Å². The fourth-order valence-corrected chi connectivity index (χ4v) is 3.45. The lowest BCUT2D eigenvalue weighted by molar-refractivity contribution is 0.101. The summed E-state index contributed by atoms with van der Waals surface area (Å²) in [5, 5.41) is 2.39. The number of aromatic nitrogens is 4. The number of fused-ring (bicyclic) bond motifs is 1. The molecular weight excluding hydrogens is 440 g/mol. The molecule has 0 radical (unpaired) electrons. The zero-order chi connectivity index (χ0) is 23.7. The van der Waals surface area contributed by atoms with Crippen LogP contribution in [0, 0.1) is 11.6 Å². The number of rotatable bonds is 5. The first-order valence-corrected chi connectivity index (χ1v) is 10.1. The van der Waals surface area contributed by atoms with Gasteiger partial charge in [0, 0.05) is 23.5 Å². The Morgan fingerprint density at radius 3 is 2.56 bits per heavy atom. The number of nitrogens with zero attached hydrogens (tertiary/aromatic N) is 4. The van der Waals surface area contributed by atoms with Crippen LogP contribution in [0.1, 0.15) is 26.3 Å². The van der Waals surface area contributed by atoms with Gasteiger partial charge >= 0.3 is 0 Å². The zero-order valence-corrected chi connectivity index (χ0v) is 17.4. The molecule has 0 unspecified atom stereocenters. The normalized spacial score (nSPS) is 10.9. The molecule has 3 aromatic carbocycles. The number of amides is 1. The number of halogens is 2. The van der Waals surface area contributed by atoms with Gasteiger partial charge in [-0.05, 0) is 48.5 Å². The van der Waals surface area contributed by atoms with Crippen molar-refractivity contribution in [1.82, 2.24) is 19.5 Å². The van der Waals surface area contributed by atoms with Crippen LogP contribution in [0.4, 0.5) is 14.5 Å². The van der Waals surface area contributed by atoms with Gasteiger partial charge in [-0.15, -0.1) is 0 Å². The van der Waals surface area contributed by atoms with Gasteiger partial charge in [0.25, 0.3) is 5.91 Å². The van der Waals surface area contributed by atoms with Crippen LogP contribution in [0.3, 0.4) is 0 Å². The Kier molecular flexibility index (Phi) is 5.35. The predicted octanol–water partition coefficient (Wildman–Crippen LogP) is 4.58. The highest BCUT2D eigenvalue weighted by Gasteiger charge is 2.19. The molecule has 0 bridgehead atoms. The maximum absolute atomic E-state index is 15.2. The Morgan fingerprint density at radius 1 is 0.912 bits per heavy atom. The molecule has 0 fully saturated rings. The molecule has 166 valence electrons.